The van der Waals surface area contributed by atoms with Crippen molar-refractivity contribution >= 4 is 23.9 Å². The van der Waals surface area contributed by atoms with Gasteiger partial charge in [-0.2, -0.15) is 17.5 Å². The second-order valence-corrected chi connectivity index (χ2v) is 10.1. The maximum Gasteiger partial charge on any atom is 0.416 e. The summed E-state index contributed by atoms with van der Waals surface area (Å²) >= 11 is 1.20. The fourth-order valence-corrected chi connectivity index (χ4v) is 5.41. The van der Waals surface area contributed by atoms with Crippen molar-refractivity contribution in [2.75, 3.05) is 26.7 Å². The predicted octanol–water partition coefficient (Wildman–Crippen LogP) is 4.55. The molecule has 1 aliphatic heterocycles. The third-order valence-electron chi connectivity index (χ3n) is 6.88. The Morgan fingerprint density at radius 3 is 2.49 bits per heavy atom. The quantitative estimate of drug-likeness (QED) is 0.278. The SMILES string of the molecule is COOSc1cccc([C@H]2CC[C@@H](N3CC(NC(=O)CNC(=O)c4cccc(C(F)(F)F)c4)C3)CC2)c1. The Hall–Kier alpha value is -2.60. The lowest BCUT2D eigenvalue weighted by atomic mass is 9.80. The first kappa shape index (κ1) is 27.4. The Balaban J connectivity index is 1.15. The first-order valence-electron chi connectivity index (χ1n) is 12.2. The lowest BCUT2D eigenvalue weighted by Crippen LogP contribution is -2.63. The van der Waals surface area contributed by atoms with Gasteiger partial charge in [0, 0.05) is 29.6 Å². The maximum absolute atomic E-state index is 12.8. The summed E-state index contributed by atoms with van der Waals surface area (Å²) in [7, 11) is 1.48. The van der Waals surface area contributed by atoms with Gasteiger partial charge in [0.15, 0.2) is 0 Å². The Morgan fingerprint density at radius 2 is 1.78 bits per heavy atom. The highest BCUT2D eigenvalue weighted by atomic mass is 32.2. The van der Waals surface area contributed by atoms with E-state index in [2.05, 4.69) is 32.6 Å². The van der Waals surface area contributed by atoms with Crippen LogP contribution in [0.25, 0.3) is 0 Å². The molecule has 1 heterocycles. The number of alkyl halides is 3. The van der Waals surface area contributed by atoms with Crippen molar-refractivity contribution < 1.29 is 32.0 Å². The molecule has 11 heteroatoms. The number of carbonyl (C=O) groups excluding carboxylic acids is 2. The van der Waals surface area contributed by atoms with Gasteiger partial charge in [-0.05, 0) is 67.5 Å². The molecule has 0 radical (unpaired) electrons. The van der Waals surface area contributed by atoms with Crippen LogP contribution >= 0.6 is 12.0 Å². The molecule has 2 N–H and O–H groups in total. The number of benzene rings is 2. The summed E-state index contributed by atoms with van der Waals surface area (Å²) in [6, 6.07) is 12.9. The minimum Gasteiger partial charge on any atom is -0.349 e. The first-order chi connectivity index (χ1) is 17.7. The van der Waals surface area contributed by atoms with Crippen molar-refractivity contribution in [1.29, 1.82) is 0 Å². The van der Waals surface area contributed by atoms with E-state index in [1.807, 2.05) is 12.1 Å². The standard InChI is InChI=1S/C26H30F3N3O4S/c1-35-36-37-23-7-3-4-18(13-23)17-8-10-22(11-9-17)32-15-21(16-32)31-24(33)14-30-25(34)19-5-2-6-20(12-19)26(27,28)29/h2-7,12-13,17,21-22H,8-11,14-16H2,1H3,(H,30,34)(H,31,33)/t17-,22+. The van der Waals surface area contributed by atoms with Crippen LogP contribution < -0.4 is 10.6 Å². The van der Waals surface area contributed by atoms with Gasteiger partial charge in [0.05, 0.1) is 37.3 Å². The van der Waals surface area contributed by atoms with Crippen LogP contribution in [-0.4, -0.2) is 55.5 Å². The van der Waals surface area contributed by atoms with Gasteiger partial charge >= 0.3 is 6.18 Å². The lowest BCUT2D eigenvalue weighted by Gasteiger charge is -2.46. The highest BCUT2D eigenvalue weighted by Crippen LogP contribution is 2.37. The topological polar surface area (TPSA) is 79.9 Å². The molecule has 2 aromatic carbocycles. The molecule has 0 bridgehead atoms. The molecule has 0 aromatic heterocycles. The molecule has 0 unspecified atom stereocenters. The van der Waals surface area contributed by atoms with Crippen LogP contribution in [-0.2, 0) is 20.2 Å². The zero-order valence-corrected chi connectivity index (χ0v) is 21.2. The molecular weight excluding hydrogens is 507 g/mol. The molecule has 2 amide bonds. The van der Waals surface area contributed by atoms with E-state index in [-0.39, 0.29) is 24.1 Å². The van der Waals surface area contributed by atoms with Gasteiger partial charge in [-0.25, -0.2) is 4.89 Å². The Bertz CT molecular complexity index is 1090. The van der Waals surface area contributed by atoms with Crippen LogP contribution in [0.2, 0.25) is 0 Å². The van der Waals surface area contributed by atoms with E-state index in [0.717, 1.165) is 55.8 Å². The summed E-state index contributed by atoms with van der Waals surface area (Å²) in [5.74, 6) is -0.566. The van der Waals surface area contributed by atoms with Crippen molar-refractivity contribution in [3.05, 3.63) is 65.2 Å². The number of nitrogens with one attached hydrogen (secondary N) is 2. The fourth-order valence-electron chi connectivity index (χ4n) is 4.95. The molecule has 1 saturated heterocycles. The third-order valence-corrected chi connectivity index (χ3v) is 7.53. The predicted molar refractivity (Wildman–Crippen MR) is 133 cm³/mol. The Labute approximate surface area is 218 Å². The highest BCUT2D eigenvalue weighted by molar-refractivity contribution is 7.94. The normalized spacial score (nSPS) is 20.8. The van der Waals surface area contributed by atoms with E-state index in [1.54, 1.807) is 0 Å². The van der Waals surface area contributed by atoms with Gasteiger partial charge in [-0.1, -0.05) is 18.2 Å². The van der Waals surface area contributed by atoms with Gasteiger partial charge in [-0.15, -0.1) is 0 Å². The number of nitrogens with zero attached hydrogens (tertiary/aromatic N) is 1. The highest BCUT2D eigenvalue weighted by Gasteiger charge is 2.35. The van der Waals surface area contributed by atoms with Crippen molar-refractivity contribution in [3.8, 4) is 0 Å². The molecule has 0 atom stereocenters. The average Bonchev–Trinajstić information content (AvgIpc) is 2.88. The minimum absolute atomic E-state index is 0.00479. The molecular formula is C26H30F3N3O4S. The van der Waals surface area contributed by atoms with Crippen molar-refractivity contribution in [1.82, 2.24) is 15.5 Å². The number of hydrogen-bond donors (Lipinski definition) is 2. The van der Waals surface area contributed by atoms with Crippen molar-refractivity contribution in [3.63, 3.8) is 0 Å². The summed E-state index contributed by atoms with van der Waals surface area (Å²) in [6.07, 6.45) is -0.167. The zero-order valence-electron chi connectivity index (χ0n) is 20.4. The van der Waals surface area contributed by atoms with Gasteiger partial charge in [0.1, 0.15) is 0 Å². The van der Waals surface area contributed by atoms with E-state index in [9.17, 15) is 22.8 Å². The van der Waals surface area contributed by atoms with Gasteiger partial charge in [-0.3, -0.25) is 14.5 Å². The van der Waals surface area contributed by atoms with Crippen LogP contribution in [0.15, 0.2) is 53.4 Å². The molecule has 0 spiro atoms. The lowest BCUT2D eigenvalue weighted by molar-refractivity contribution is -0.160. The summed E-state index contributed by atoms with van der Waals surface area (Å²) in [5.41, 5.74) is 0.267. The van der Waals surface area contributed by atoms with Crippen LogP contribution in [0, 0.1) is 0 Å². The van der Waals surface area contributed by atoms with Crippen LogP contribution in [0.5, 0.6) is 0 Å². The van der Waals surface area contributed by atoms with Crippen LogP contribution in [0.4, 0.5) is 13.2 Å². The average molecular weight is 538 g/mol. The maximum atomic E-state index is 12.8. The number of carbonyl (C=O) groups is 2. The summed E-state index contributed by atoms with van der Waals surface area (Å²) in [4.78, 5) is 32.5. The summed E-state index contributed by atoms with van der Waals surface area (Å²) in [5, 5.41) is 5.28. The third kappa shape index (κ3) is 7.47. The molecule has 2 aromatic rings. The van der Waals surface area contributed by atoms with E-state index in [1.165, 1.54) is 36.8 Å². The number of likely N-dealkylation sites (tertiary alicyclic amines) is 1. The van der Waals surface area contributed by atoms with Crippen molar-refractivity contribution in [2.24, 2.45) is 0 Å². The second-order valence-electron chi connectivity index (χ2n) is 9.38. The number of amides is 2. The fraction of sp³-hybridized carbons (Fsp3) is 0.462. The Kier molecular flexibility index (Phi) is 9.12. The van der Waals surface area contributed by atoms with Gasteiger partial charge in [0.25, 0.3) is 5.91 Å². The molecule has 200 valence electrons. The zero-order chi connectivity index (χ0) is 26.4. The van der Waals surface area contributed by atoms with E-state index >= 15 is 0 Å². The first-order valence-corrected chi connectivity index (χ1v) is 12.9. The monoisotopic (exact) mass is 537 g/mol. The molecule has 2 aliphatic rings. The van der Waals surface area contributed by atoms with E-state index in [4.69, 9.17) is 4.33 Å². The van der Waals surface area contributed by atoms with E-state index in [0.29, 0.717) is 12.0 Å². The van der Waals surface area contributed by atoms with E-state index < -0.39 is 17.6 Å². The molecule has 2 fully saturated rings. The number of halogens is 3. The molecule has 1 aliphatic carbocycles. The number of rotatable bonds is 9. The molecule has 4 rings (SSSR count). The molecule has 1 saturated carbocycles. The van der Waals surface area contributed by atoms with Crippen molar-refractivity contribution in [2.45, 2.75) is 54.8 Å². The van der Waals surface area contributed by atoms with Crippen LogP contribution in [0.3, 0.4) is 0 Å². The second kappa shape index (κ2) is 12.3. The minimum atomic E-state index is -4.53. The Morgan fingerprint density at radius 1 is 1.05 bits per heavy atom. The molecule has 37 heavy (non-hydrogen) atoms. The summed E-state index contributed by atoms with van der Waals surface area (Å²) in [6.45, 7) is 1.22. The van der Waals surface area contributed by atoms with Gasteiger partial charge in [0.2, 0.25) is 5.91 Å². The van der Waals surface area contributed by atoms with Gasteiger partial charge < -0.3 is 10.6 Å². The molecule has 7 nitrogen and oxygen atoms in total. The number of hydrogen-bond acceptors (Lipinski definition) is 6. The smallest absolute Gasteiger partial charge is 0.349 e. The largest absolute Gasteiger partial charge is 0.416 e. The van der Waals surface area contributed by atoms with Crippen LogP contribution in [0.1, 0.15) is 53.1 Å². The summed E-state index contributed by atoms with van der Waals surface area (Å²) < 4.78 is 43.5.